The van der Waals surface area contributed by atoms with Crippen LogP contribution in [-0.4, -0.2) is 19.4 Å². The lowest BCUT2D eigenvalue weighted by molar-refractivity contribution is 0.249. The average molecular weight is 368 g/mol. The number of amides is 2. The number of urea groups is 1. The van der Waals surface area contributed by atoms with Crippen molar-refractivity contribution in [2.45, 2.75) is 6.61 Å². The minimum Gasteiger partial charge on any atom is -0.493 e. The van der Waals surface area contributed by atoms with Crippen molar-refractivity contribution in [1.82, 2.24) is 5.43 Å². The van der Waals surface area contributed by atoms with Gasteiger partial charge in [0.25, 0.3) is 0 Å². The minimum absolute atomic E-state index is 0.243. The van der Waals surface area contributed by atoms with Gasteiger partial charge in [0.1, 0.15) is 6.61 Å². The van der Waals surface area contributed by atoms with Crippen molar-refractivity contribution < 1.29 is 14.3 Å². The van der Waals surface area contributed by atoms with Crippen molar-refractivity contribution in [2.24, 2.45) is 10.8 Å². The quantitative estimate of drug-likeness (QED) is 0.604. The van der Waals surface area contributed by atoms with E-state index >= 15 is 0 Å². The normalized spacial score (nSPS) is 10.6. The second kappa shape index (κ2) is 8.42. The number of primary amides is 1. The molecule has 6 nitrogen and oxygen atoms in total. The zero-order chi connectivity index (χ0) is 17.5. The summed E-state index contributed by atoms with van der Waals surface area (Å²) in [6, 6.07) is 9.64. The number of carbonyl (C=O) groups excluding carboxylic acids is 1. The maximum atomic E-state index is 10.6. The Morgan fingerprint density at radius 3 is 2.71 bits per heavy atom. The summed E-state index contributed by atoms with van der Waals surface area (Å²) in [5, 5.41) is 4.77. The third-order valence-electron chi connectivity index (χ3n) is 2.97. The molecule has 2 aromatic rings. The van der Waals surface area contributed by atoms with Crippen molar-refractivity contribution in [3.63, 3.8) is 0 Å². The molecule has 0 unspecified atom stereocenters. The number of nitrogens with two attached hydrogens (primary N) is 1. The number of halogens is 2. The van der Waals surface area contributed by atoms with E-state index in [1.807, 2.05) is 0 Å². The van der Waals surface area contributed by atoms with Gasteiger partial charge in [-0.3, -0.25) is 0 Å². The molecule has 0 atom stereocenters. The van der Waals surface area contributed by atoms with Crippen molar-refractivity contribution in [3.8, 4) is 11.5 Å². The Morgan fingerprint density at radius 1 is 1.25 bits per heavy atom. The number of hydrogen-bond donors (Lipinski definition) is 2. The minimum atomic E-state index is -0.742. The fraction of sp³-hybridized carbons (Fsp3) is 0.125. The van der Waals surface area contributed by atoms with Gasteiger partial charge in [0.15, 0.2) is 11.5 Å². The molecular weight excluding hydrogens is 353 g/mol. The third kappa shape index (κ3) is 5.04. The van der Waals surface area contributed by atoms with Gasteiger partial charge in [0, 0.05) is 15.6 Å². The van der Waals surface area contributed by atoms with Gasteiger partial charge in [-0.2, -0.15) is 5.10 Å². The lowest BCUT2D eigenvalue weighted by Crippen LogP contribution is -2.24. The standard InChI is InChI=1S/C16H15Cl2N3O3/c1-23-14-5-2-10(8-20-21-16(19)22)6-15(14)24-9-11-3-4-12(17)7-13(11)18/h2-8H,9H2,1H3,(H3,19,21,22)/b20-8-. The van der Waals surface area contributed by atoms with Crippen LogP contribution in [0.25, 0.3) is 0 Å². The molecule has 8 heteroatoms. The summed E-state index contributed by atoms with van der Waals surface area (Å²) in [7, 11) is 1.54. The number of benzene rings is 2. The number of methoxy groups -OCH3 is 1. The van der Waals surface area contributed by atoms with E-state index in [4.69, 9.17) is 38.4 Å². The van der Waals surface area contributed by atoms with Gasteiger partial charge in [-0.05, 0) is 35.9 Å². The largest absolute Gasteiger partial charge is 0.493 e. The van der Waals surface area contributed by atoms with E-state index in [9.17, 15) is 4.79 Å². The van der Waals surface area contributed by atoms with Gasteiger partial charge in [0.05, 0.1) is 13.3 Å². The lowest BCUT2D eigenvalue weighted by atomic mass is 10.2. The zero-order valence-corrected chi connectivity index (χ0v) is 14.3. The molecule has 0 saturated carbocycles. The summed E-state index contributed by atoms with van der Waals surface area (Å²) < 4.78 is 11.0. The predicted molar refractivity (Wildman–Crippen MR) is 94.1 cm³/mol. The highest BCUT2D eigenvalue weighted by Crippen LogP contribution is 2.29. The van der Waals surface area contributed by atoms with Crippen molar-refractivity contribution in [2.75, 3.05) is 7.11 Å². The Labute approximate surface area is 149 Å². The molecule has 2 rings (SSSR count). The van der Waals surface area contributed by atoms with Gasteiger partial charge in [0.2, 0.25) is 0 Å². The molecule has 0 spiro atoms. The molecule has 126 valence electrons. The second-order valence-corrected chi connectivity index (χ2v) is 5.51. The number of nitrogens with zero attached hydrogens (tertiary/aromatic N) is 1. The summed E-state index contributed by atoms with van der Waals surface area (Å²) in [6.45, 7) is 0.243. The van der Waals surface area contributed by atoms with Crippen LogP contribution in [0.4, 0.5) is 4.79 Å². The van der Waals surface area contributed by atoms with E-state index in [1.54, 1.807) is 43.5 Å². The number of hydrogen-bond acceptors (Lipinski definition) is 4. The van der Waals surface area contributed by atoms with Gasteiger partial charge in [-0.1, -0.05) is 29.3 Å². The van der Waals surface area contributed by atoms with Gasteiger partial charge in [-0.15, -0.1) is 0 Å². The van der Waals surface area contributed by atoms with Crippen LogP contribution < -0.4 is 20.6 Å². The first-order chi connectivity index (χ1) is 11.5. The first-order valence-corrected chi connectivity index (χ1v) is 7.58. The maximum Gasteiger partial charge on any atom is 0.332 e. The van der Waals surface area contributed by atoms with Crippen molar-refractivity contribution in [1.29, 1.82) is 0 Å². The van der Waals surface area contributed by atoms with Crippen LogP contribution in [0.15, 0.2) is 41.5 Å². The van der Waals surface area contributed by atoms with E-state index < -0.39 is 6.03 Å². The monoisotopic (exact) mass is 367 g/mol. The average Bonchev–Trinajstić information content (AvgIpc) is 2.54. The molecule has 2 aromatic carbocycles. The SMILES string of the molecule is COc1ccc(/C=N\NC(N)=O)cc1OCc1ccc(Cl)cc1Cl. The molecule has 0 aliphatic heterocycles. The molecule has 0 bridgehead atoms. The van der Waals surface area contributed by atoms with Crippen molar-refractivity contribution >= 4 is 35.4 Å². The lowest BCUT2D eigenvalue weighted by Gasteiger charge is -2.12. The molecule has 0 saturated heterocycles. The fourth-order valence-electron chi connectivity index (χ4n) is 1.85. The molecule has 3 N–H and O–H groups in total. The number of rotatable bonds is 6. The summed E-state index contributed by atoms with van der Waals surface area (Å²) in [5.74, 6) is 1.06. The molecular formula is C16H15Cl2N3O3. The van der Waals surface area contributed by atoms with Gasteiger partial charge < -0.3 is 15.2 Å². The summed E-state index contributed by atoms with van der Waals surface area (Å²) in [4.78, 5) is 10.6. The number of ether oxygens (including phenoxy) is 2. The molecule has 0 heterocycles. The zero-order valence-electron chi connectivity index (χ0n) is 12.8. The molecule has 0 fully saturated rings. The smallest absolute Gasteiger partial charge is 0.332 e. The Morgan fingerprint density at radius 2 is 2.04 bits per heavy atom. The van der Waals surface area contributed by atoms with Crippen LogP contribution in [0.5, 0.6) is 11.5 Å². The van der Waals surface area contributed by atoms with E-state index in [2.05, 4.69) is 10.5 Å². The van der Waals surface area contributed by atoms with Crippen LogP contribution in [0.1, 0.15) is 11.1 Å². The molecule has 24 heavy (non-hydrogen) atoms. The topological polar surface area (TPSA) is 85.9 Å². The first kappa shape index (κ1) is 17.9. The molecule has 2 amide bonds. The van der Waals surface area contributed by atoms with Crippen LogP contribution in [-0.2, 0) is 6.61 Å². The van der Waals surface area contributed by atoms with E-state index in [-0.39, 0.29) is 6.61 Å². The van der Waals surface area contributed by atoms with E-state index in [1.165, 1.54) is 6.21 Å². The Kier molecular flexibility index (Phi) is 6.28. The Bertz CT molecular complexity index is 766. The first-order valence-electron chi connectivity index (χ1n) is 6.83. The highest BCUT2D eigenvalue weighted by Gasteiger charge is 2.08. The molecule has 0 radical (unpaired) electrons. The Balaban J connectivity index is 2.15. The van der Waals surface area contributed by atoms with Crippen LogP contribution in [0, 0.1) is 0 Å². The van der Waals surface area contributed by atoms with Crippen LogP contribution >= 0.6 is 23.2 Å². The van der Waals surface area contributed by atoms with Crippen LogP contribution in [0.2, 0.25) is 10.0 Å². The summed E-state index contributed by atoms with van der Waals surface area (Å²) in [6.07, 6.45) is 1.44. The van der Waals surface area contributed by atoms with E-state index in [0.29, 0.717) is 27.1 Å². The number of hydrazone groups is 1. The van der Waals surface area contributed by atoms with Gasteiger partial charge >= 0.3 is 6.03 Å². The third-order valence-corrected chi connectivity index (χ3v) is 3.56. The second-order valence-electron chi connectivity index (χ2n) is 4.67. The Hall–Kier alpha value is -2.44. The number of carbonyl (C=O) groups is 1. The van der Waals surface area contributed by atoms with Crippen LogP contribution in [0.3, 0.4) is 0 Å². The fourth-order valence-corrected chi connectivity index (χ4v) is 2.31. The highest BCUT2D eigenvalue weighted by molar-refractivity contribution is 6.35. The maximum absolute atomic E-state index is 10.6. The van der Waals surface area contributed by atoms with E-state index in [0.717, 1.165) is 5.56 Å². The number of nitrogens with one attached hydrogen (secondary N) is 1. The molecule has 0 aliphatic carbocycles. The molecule has 0 aliphatic rings. The molecule has 0 aromatic heterocycles. The summed E-state index contributed by atoms with van der Waals surface area (Å²) >= 11 is 12.0. The summed E-state index contributed by atoms with van der Waals surface area (Å²) in [5.41, 5.74) is 8.54. The highest BCUT2D eigenvalue weighted by atomic mass is 35.5. The predicted octanol–water partition coefficient (Wildman–Crippen LogP) is 3.58. The van der Waals surface area contributed by atoms with Gasteiger partial charge in [-0.25, -0.2) is 10.2 Å². The van der Waals surface area contributed by atoms with Crippen molar-refractivity contribution in [3.05, 3.63) is 57.6 Å².